The van der Waals surface area contributed by atoms with E-state index in [-0.39, 0.29) is 5.41 Å². The molecule has 2 atom stereocenters. The van der Waals surface area contributed by atoms with E-state index in [1.807, 2.05) is 12.1 Å². The molecule has 0 aromatic heterocycles. The average molecular weight is 276 g/mol. The Kier molecular flexibility index (Phi) is 4.71. The van der Waals surface area contributed by atoms with Crippen LogP contribution in [0.5, 0.6) is 5.75 Å². The van der Waals surface area contributed by atoms with Crippen molar-refractivity contribution in [2.75, 3.05) is 20.7 Å². The number of nitrogens with two attached hydrogens (primary N) is 1. The Balaban J connectivity index is 1.95. The molecule has 1 aliphatic rings. The number of nitrogens with zero attached hydrogens (tertiary/aromatic N) is 1. The lowest BCUT2D eigenvalue weighted by Crippen LogP contribution is -2.41. The van der Waals surface area contributed by atoms with Gasteiger partial charge in [-0.2, -0.15) is 0 Å². The van der Waals surface area contributed by atoms with Crippen LogP contribution in [0.15, 0.2) is 24.3 Å². The normalized spacial score (nSPS) is 25.1. The van der Waals surface area contributed by atoms with Gasteiger partial charge in [0.2, 0.25) is 0 Å². The van der Waals surface area contributed by atoms with Gasteiger partial charge in [-0.3, -0.25) is 0 Å². The van der Waals surface area contributed by atoms with Gasteiger partial charge in [-0.05, 0) is 37.3 Å². The Labute approximate surface area is 123 Å². The molecule has 0 radical (unpaired) electrons. The summed E-state index contributed by atoms with van der Waals surface area (Å²) >= 11 is 0. The monoisotopic (exact) mass is 276 g/mol. The summed E-state index contributed by atoms with van der Waals surface area (Å²) < 4.78 is 5.42. The first-order valence-corrected chi connectivity index (χ1v) is 7.50. The number of para-hydroxylation sites is 1. The summed E-state index contributed by atoms with van der Waals surface area (Å²) in [4.78, 5) is 2.36. The quantitative estimate of drug-likeness (QED) is 0.898. The van der Waals surface area contributed by atoms with Gasteiger partial charge in [0.25, 0.3) is 0 Å². The van der Waals surface area contributed by atoms with E-state index in [0.29, 0.717) is 12.0 Å². The Morgan fingerprint density at radius 1 is 1.35 bits per heavy atom. The average Bonchev–Trinajstić information content (AvgIpc) is 2.66. The van der Waals surface area contributed by atoms with E-state index in [1.54, 1.807) is 7.11 Å². The van der Waals surface area contributed by atoms with E-state index in [4.69, 9.17) is 10.5 Å². The Morgan fingerprint density at radius 3 is 2.65 bits per heavy atom. The van der Waals surface area contributed by atoms with Gasteiger partial charge >= 0.3 is 0 Å². The van der Waals surface area contributed by atoms with Crippen LogP contribution in [0, 0.1) is 11.3 Å². The molecule has 1 fully saturated rings. The lowest BCUT2D eigenvalue weighted by atomic mass is 9.85. The summed E-state index contributed by atoms with van der Waals surface area (Å²) in [6.45, 7) is 6.55. The summed E-state index contributed by atoms with van der Waals surface area (Å²) in [7, 11) is 3.90. The molecule has 112 valence electrons. The summed E-state index contributed by atoms with van der Waals surface area (Å²) in [5, 5.41) is 0. The second kappa shape index (κ2) is 6.15. The minimum atomic E-state index is 0.288. The predicted molar refractivity (Wildman–Crippen MR) is 83.8 cm³/mol. The third-order valence-electron chi connectivity index (χ3n) is 4.75. The number of hydrogen-bond donors (Lipinski definition) is 1. The molecule has 2 N–H and O–H groups in total. The molecule has 0 aliphatic heterocycles. The van der Waals surface area contributed by atoms with Crippen LogP contribution < -0.4 is 10.5 Å². The highest BCUT2D eigenvalue weighted by molar-refractivity contribution is 5.33. The summed E-state index contributed by atoms with van der Waals surface area (Å²) in [6.07, 6.45) is 2.48. The van der Waals surface area contributed by atoms with Crippen molar-refractivity contribution in [3.8, 4) is 5.75 Å². The molecule has 3 nitrogen and oxygen atoms in total. The molecule has 1 aliphatic carbocycles. The van der Waals surface area contributed by atoms with Crippen LogP contribution in [0.1, 0.15) is 32.3 Å². The van der Waals surface area contributed by atoms with E-state index in [0.717, 1.165) is 18.8 Å². The van der Waals surface area contributed by atoms with Crippen LogP contribution in [0.4, 0.5) is 0 Å². The zero-order valence-electron chi connectivity index (χ0n) is 13.2. The van der Waals surface area contributed by atoms with Crippen molar-refractivity contribution in [3.63, 3.8) is 0 Å². The van der Waals surface area contributed by atoms with Crippen LogP contribution in [0.3, 0.4) is 0 Å². The highest BCUT2D eigenvalue weighted by Crippen LogP contribution is 2.40. The van der Waals surface area contributed by atoms with Crippen LogP contribution in [-0.2, 0) is 6.54 Å². The molecule has 1 aromatic carbocycles. The topological polar surface area (TPSA) is 38.5 Å². The minimum Gasteiger partial charge on any atom is -0.496 e. The number of benzene rings is 1. The molecular formula is C17H28N2O. The van der Waals surface area contributed by atoms with Crippen LogP contribution in [-0.4, -0.2) is 31.6 Å². The summed E-state index contributed by atoms with van der Waals surface area (Å²) in [5.41, 5.74) is 7.93. The highest BCUT2D eigenvalue weighted by Gasteiger charge is 2.39. The van der Waals surface area contributed by atoms with E-state index in [2.05, 4.69) is 37.9 Å². The Morgan fingerprint density at radius 2 is 2.05 bits per heavy atom. The minimum absolute atomic E-state index is 0.288. The zero-order chi connectivity index (χ0) is 14.8. The van der Waals surface area contributed by atoms with Crippen molar-refractivity contribution < 1.29 is 4.74 Å². The van der Waals surface area contributed by atoms with Crippen molar-refractivity contribution in [2.45, 2.75) is 39.3 Å². The van der Waals surface area contributed by atoms with Crippen molar-refractivity contribution in [2.24, 2.45) is 17.1 Å². The second-order valence-electron chi connectivity index (χ2n) is 6.82. The van der Waals surface area contributed by atoms with Crippen LogP contribution in [0.2, 0.25) is 0 Å². The molecule has 2 rings (SSSR count). The first-order valence-electron chi connectivity index (χ1n) is 7.50. The molecule has 0 amide bonds. The standard InChI is InChI=1S/C17H28N2O/c1-17(2)10-9-14(16(17)18)12-19(3)11-13-7-5-6-8-15(13)20-4/h5-8,14,16H,9-12,18H2,1-4H3. The Hall–Kier alpha value is -1.06. The van der Waals surface area contributed by atoms with Crippen LogP contribution in [0.25, 0.3) is 0 Å². The maximum atomic E-state index is 6.40. The van der Waals surface area contributed by atoms with Gasteiger partial charge in [0.1, 0.15) is 5.75 Å². The molecule has 2 unspecified atom stereocenters. The molecule has 0 saturated heterocycles. The second-order valence-corrected chi connectivity index (χ2v) is 6.82. The molecular weight excluding hydrogens is 248 g/mol. The van der Waals surface area contributed by atoms with Gasteiger partial charge in [0.15, 0.2) is 0 Å². The van der Waals surface area contributed by atoms with E-state index in [1.165, 1.54) is 18.4 Å². The van der Waals surface area contributed by atoms with Crippen molar-refractivity contribution in [3.05, 3.63) is 29.8 Å². The third kappa shape index (κ3) is 3.33. The van der Waals surface area contributed by atoms with Crippen molar-refractivity contribution in [1.82, 2.24) is 4.90 Å². The lowest BCUT2D eigenvalue weighted by molar-refractivity contribution is 0.227. The van der Waals surface area contributed by atoms with E-state index >= 15 is 0 Å². The van der Waals surface area contributed by atoms with Crippen molar-refractivity contribution in [1.29, 1.82) is 0 Å². The third-order valence-corrected chi connectivity index (χ3v) is 4.75. The van der Waals surface area contributed by atoms with Gasteiger partial charge in [-0.25, -0.2) is 0 Å². The van der Waals surface area contributed by atoms with Crippen molar-refractivity contribution >= 4 is 0 Å². The molecule has 3 heteroatoms. The van der Waals surface area contributed by atoms with Gasteiger partial charge in [0, 0.05) is 24.7 Å². The van der Waals surface area contributed by atoms with Gasteiger partial charge in [-0.1, -0.05) is 32.0 Å². The fraction of sp³-hybridized carbons (Fsp3) is 0.647. The van der Waals surface area contributed by atoms with Gasteiger partial charge < -0.3 is 15.4 Å². The maximum absolute atomic E-state index is 6.40. The number of rotatable bonds is 5. The predicted octanol–water partition coefficient (Wildman–Crippen LogP) is 2.89. The number of ether oxygens (including phenoxy) is 1. The Bertz CT molecular complexity index is 444. The van der Waals surface area contributed by atoms with E-state index in [9.17, 15) is 0 Å². The fourth-order valence-electron chi connectivity index (χ4n) is 3.34. The smallest absolute Gasteiger partial charge is 0.123 e. The highest BCUT2D eigenvalue weighted by atomic mass is 16.5. The summed E-state index contributed by atoms with van der Waals surface area (Å²) in [5.74, 6) is 1.57. The number of methoxy groups -OCH3 is 1. The first kappa shape index (κ1) is 15.3. The van der Waals surface area contributed by atoms with Gasteiger partial charge in [-0.15, -0.1) is 0 Å². The first-order chi connectivity index (χ1) is 9.44. The molecule has 0 bridgehead atoms. The summed E-state index contributed by atoms with van der Waals surface area (Å²) in [6, 6.07) is 8.54. The van der Waals surface area contributed by atoms with Gasteiger partial charge in [0.05, 0.1) is 7.11 Å². The maximum Gasteiger partial charge on any atom is 0.123 e. The molecule has 20 heavy (non-hydrogen) atoms. The SMILES string of the molecule is COc1ccccc1CN(C)CC1CCC(C)(C)C1N. The molecule has 0 heterocycles. The number of hydrogen-bond acceptors (Lipinski definition) is 3. The fourth-order valence-corrected chi connectivity index (χ4v) is 3.34. The molecule has 1 saturated carbocycles. The largest absolute Gasteiger partial charge is 0.496 e. The lowest BCUT2D eigenvalue weighted by Gasteiger charge is -2.29. The van der Waals surface area contributed by atoms with Crippen LogP contribution >= 0.6 is 0 Å². The zero-order valence-corrected chi connectivity index (χ0v) is 13.2. The molecule has 0 spiro atoms. The van der Waals surface area contributed by atoms with E-state index < -0.39 is 0 Å². The molecule has 1 aromatic rings.